The lowest BCUT2D eigenvalue weighted by Crippen LogP contribution is -2.05. The Morgan fingerprint density at radius 2 is 2.00 bits per heavy atom. The van der Waals surface area contributed by atoms with E-state index in [4.69, 9.17) is 23.2 Å². The van der Waals surface area contributed by atoms with Gasteiger partial charge in [-0.15, -0.1) is 0 Å². The number of nitrogens with zero attached hydrogens (tertiary/aromatic N) is 2. The van der Waals surface area contributed by atoms with Crippen molar-refractivity contribution in [2.45, 2.75) is 19.8 Å². The highest BCUT2D eigenvalue weighted by atomic mass is 127. The first-order valence-corrected chi connectivity index (χ1v) is 8.10. The molecule has 6 heteroatoms. The Labute approximate surface area is 142 Å². The van der Waals surface area contributed by atoms with Gasteiger partial charge < -0.3 is 5.32 Å². The van der Waals surface area contributed by atoms with E-state index in [1.54, 1.807) is 6.07 Å². The summed E-state index contributed by atoms with van der Waals surface area (Å²) in [5.41, 5.74) is 1.78. The van der Waals surface area contributed by atoms with Gasteiger partial charge in [0.2, 0.25) is 0 Å². The molecule has 0 unspecified atom stereocenters. The summed E-state index contributed by atoms with van der Waals surface area (Å²) in [6, 6.07) is 5.49. The van der Waals surface area contributed by atoms with Crippen LogP contribution in [0.2, 0.25) is 10.0 Å². The summed E-state index contributed by atoms with van der Waals surface area (Å²) in [6.45, 7) is 2.13. The van der Waals surface area contributed by atoms with Crippen molar-refractivity contribution in [3.05, 3.63) is 37.5 Å². The van der Waals surface area contributed by atoms with Crippen LogP contribution in [0, 0.1) is 3.57 Å². The van der Waals surface area contributed by atoms with Crippen molar-refractivity contribution in [3.8, 4) is 11.4 Å². The average Bonchev–Trinajstić information content (AvgIpc) is 2.44. The monoisotopic (exact) mass is 421 g/mol. The molecule has 106 valence electrons. The molecule has 0 spiro atoms. The average molecular weight is 422 g/mol. The minimum atomic E-state index is 0.486. The smallest absolute Gasteiger partial charge is 0.163 e. The van der Waals surface area contributed by atoms with Gasteiger partial charge in [-0.05, 0) is 41.1 Å². The molecule has 1 aromatic heterocycles. The van der Waals surface area contributed by atoms with Crippen LogP contribution in [0.25, 0.3) is 11.4 Å². The maximum absolute atomic E-state index is 6.26. The predicted molar refractivity (Wildman–Crippen MR) is 93.7 cm³/mol. The minimum absolute atomic E-state index is 0.486. The van der Waals surface area contributed by atoms with E-state index < -0.39 is 0 Å². The molecule has 0 fully saturated rings. The number of anilines is 1. The summed E-state index contributed by atoms with van der Waals surface area (Å²) in [4.78, 5) is 9.17. The second-order valence-corrected chi connectivity index (χ2v) is 6.12. The van der Waals surface area contributed by atoms with Crippen LogP contribution in [0.15, 0.2) is 18.2 Å². The minimum Gasteiger partial charge on any atom is -0.372 e. The van der Waals surface area contributed by atoms with Gasteiger partial charge in [0, 0.05) is 12.6 Å². The first kappa shape index (κ1) is 15.8. The van der Waals surface area contributed by atoms with Crippen LogP contribution in [-0.2, 0) is 6.42 Å². The molecule has 1 aromatic carbocycles. The molecule has 0 atom stereocenters. The number of hydrogen-bond acceptors (Lipinski definition) is 3. The largest absolute Gasteiger partial charge is 0.372 e. The van der Waals surface area contributed by atoms with E-state index in [1.165, 1.54) is 0 Å². The highest BCUT2D eigenvalue weighted by Crippen LogP contribution is 2.33. The van der Waals surface area contributed by atoms with Gasteiger partial charge in [-0.2, -0.15) is 0 Å². The molecule has 20 heavy (non-hydrogen) atoms. The lowest BCUT2D eigenvalue weighted by molar-refractivity contribution is 0.868. The van der Waals surface area contributed by atoms with Crippen molar-refractivity contribution >= 4 is 51.6 Å². The summed E-state index contributed by atoms with van der Waals surface area (Å²) in [7, 11) is 1.85. The maximum atomic E-state index is 6.26. The van der Waals surface area contributed by atoms with Gasteiger partial charge in [-0.3, -0.25) is 0 Å². The standard InChI is InChI=1S/C14H14Cl2IN3/c1-3-5-10-12(17)14(18-2)20-13(19-10)8-6-4-7-9(15)11(8)16/h4,6-7H,3,5H2,1-2H3,(H,18,19,20). The fraction of sp³-hybridized carbons (Fsp3) is 0.286. The van der Waals surface area contributed by atoms with E-state index in [9.17, 15) is 0 Å². The third-order valence-electron chi connectivity index (χ3n) is 2.84. The molecular formula is C14H14Cl2IN3. The molecule has 0 saturated heterocycles. The summed E-state index contributed by atoms with van der Waals surface area (Å²) < 4.78 is 1.05. The zero-order chi connectivity index (χ0) is 14.7. The third kappa shape index (κ3) is 3.18. The quantitative estimate of drug-likeness (QED) is 0.702. The fourth-order valence-electron chi connectivity index (χ4n) is 1.86. The van der Waals surface area contributed by atoms with Crippen molar-refractivity contribution < 1.29 is 0 Å². The Morgan fingerprint density at radius 1 is 1.25 bits per heavy atom. The summed E-state index contributed by atoms with van der Waals surface area (Å²) in [5.74, 6) is 1.42. The first-order chi connectivity index (χ1) is 9.58. The van der Waals surface area contributed by atoms with Crippen LogP contribution in [0.1, 0.15) is 19.0 Å². The van der Waals surface area contributed by atoms with Crippen LogP contribution in [0.5, 0.6) is 0 Å². The summed E-state index contributed by atoms with van der Waals surface area (Å²) in [6.07, 6.45) is 1.93. The Kier molecular flexibility index (Phi) is 5.46. The molecular weight excluding hydrogens is 408 g/mol. The van der Waals surface area contributed by atoms with Gasteiger partial charge in [-0.1, -0.05) is 42.6 Å². The van der Waals surface area contributed by atoms with Gasteiger partial charge in [0.1, 0.15) is 5.82 Å². The van der Waals surface area contributed by atoms with Crippen molar-refractivity contribution in [2.24, 2.45) is 0 Å². The second kappa shape index (κ2) is 6.91. The molecule has 1 N–H and O–H groups in total. The Balaban J connectivity index is 2.62. The van der Waals surface area contributed by atoms with Crippen LogP contribution >= 0.6 is 45.8 Å². The number of aryl methyl sites for hydroxylation is 1. The molecule has 1 heterocycles. The van der Waals surface area contributed by atoms with E-state index in [0.29, 0.717) is 15.9 Å². The summed E-state index contributed by atoms with van der Waals surface area (Å²) >= 11 is 14.6. The van der Waals surface area contributed by atoms with Crippen molar-refractivity contribution in [2.75, 3.05) is 12.4 Å². The molecule has 2 aromatic rings. The number of rotatable bonds is 4. The topological polar surface area (TPSA) is 37.8 Å². The molecule has 0 amide bonds. The molecule has 0 aliphatic rings. The van der Waals surface area contributed by atoms with Gasteiger partial charge in [0.25, 0.3) is 0 Å². The third-order valence-corrected chi connectivity index (χ3v) is 4.79. The lowest BCUT2D eigenvalue weighted by Gasteiger charge is -2.12. The van der Waals surface area contributed by atoms with Crippen LogP contribution < -0.4 is 5.32 Å². The van der Waals surface area contributed by atoms with Gasteiger partial charge in [0.15, 0.2) is 5.82 Å². The van der Waals surface area contributed by atoms with E-state index in [2.05, 4.69) is 44.8 Å². The predicted octanol–water partition coefficient (Wildman–Crippen LogP) is 5.05. The molecule has 0 radical (unpaired) electrons. The highest BCUT2D eigenvalue weighted by Gasteiger charge is 2.15. The summed E-state index contributed by atoms with van der Waals surface area (Å²) in [5, 5.41) is 4.10. The first-order valence-electron chi connectivity index (χ1n) is 6.27. The second-order valence-electron chi connectivity index (χ2n) is 4.26. The normalized spacial score (nSPS) is 10.7. The number of nitrogens with one attached hydrogen (secondary N) is 1. The van der Waals surface area contributed by atoms with E-state index in [-0.39, 0.29) is 0 Å². The highest BCUT2D eigenvalue weighted by molar-refractivity contribution is 14.1. The SMILES string of the molecule is CCCc1nc(-c2cccc(Cl)c2Cl)nc(NC)c1I. The molecule has 0 saturated carbocycles. The molecule has 2 rings (SSSR count). The Bertz CT molecular complexity index is 632. The molecule has 0 aliphatic carbocycles. The van der Waals surface area contributed by atoms with Crippen molar-refractivity contribution in [3.63, 3.8) is 0 Å². The van der Waals surface area contributed by atoms with Crippen molar-refractivity contribution in [1.29, 1.82) is 0 Å². The van der Waals surface area contributed by atoms with Crippen LogP contribution in [-0.4, -0.2) is 17.0 Å². The maximum Gasteiger partial charge on any atom is 0.163 e. The van der Waals surface area contributed by atoms with Crippen molar-refractivity contribution in [1.82, 2.24) is 9.97 Å². The van der Waals surface area contributed by atoms with Crippen LogP contribution in [0.3, 0.4) is 0 Å². The van der Waals surface area contributed by atoms with E-state index >= 15 is 0 Å². The van der Waals surface area contributed by atoms with Gasteiger partial charge >= 0.3 is 0 Å². The van der Waals surface area contributed by atoms with E-state index in [0.717, 1.165) is 33.5 Å². The van der Waals surface area contributed by atoms with Gasteiger partial charge in [0.05, 0.1) is 19.3 Å². The number of halogens is 3. The zero-order valence-corrected chi connectivity index (χ0v) is 14.8. The zero-order valence-electron chi connectivity index (χ0n) is 11.2. The number of aromatic nitrogens is 2. The Morgan fingerprint density at radius 3 is 2.65 bits per heavy atom. The molecule has 0 aliphatic heterocycles. The van der Waals surface area contributed by atoms with E-state index in [1.807, 2.05) is 19.2 Å². The number of hydrogen-bond donors (Lipinski definition) is 1. The van der Waals surface area contributed by atoms with Crippen LogP contribution in [0.4, 0.5) is 5.82 Å². The molecule has 3 nitrogen and oxygen atoms in total. The Hall–Kier alpha value is -0.590. The van der Waals surface area contributed by atoms with Gasteiger partial charge in [-0.25, -0.2) is 9.97 Å². The lowest BCUT2D eigenvalue weighted by atomic mass is 10.2. The molecule has 0 bridgehead atoms. The number of benzene rings is 1. The fourth-order valence-corrected chi connectivity index (χ4v) is 3.02.